The van der Waals surface area contributed by atoms with Gasteiger partial charge in [-0.05, 0) is 18.6 Å². The Morgan fingerprint density at radius 1 is 1.42 bits per heavy atom. The topological polar surface area (TPSA) is 95.6 Å². The van der Waals surface area contributed by atoms with Gasteiger partial charge in [0.05, 0.1) is 23.7 Å². The standard InChI is InChI=1S/C12H17FN2O4/c1-2-12(7-16,8-17)14-6-9-5-10(13)3-4-11(9)15(18)19/h3-5,14,16-17H,2,6-8H2,1H3. The number of rotatable bonds is 7. The second kappa shape index (κ2) is 6.55. The van der Waals surface area contributed by atoms with Crippen LogP contribution in [0.4, 0.5) is 10.1 Å². The number of nitro benzene ring substituents is 1. The van der Waals surface area contributed by atoms with Crippen LogP contribution < -0.4 is 5.32 Å². The van der Waals surface area contributed by atoms with Gasteiger partial charge in [0, 0.05) is 18.2 Å². The van der Waals surface area contributed by atoms with E-state index in [1.165, 1.54) is 0 Å². The smallest absolute Gasteiger partial charge is 0.274 e. The predicted molar refractivity (Wildman–Crippen MR) is 67.1 cm³/mol. The number of hydrogen-bond acceptors (Lipinski definition) is 5. The van der Waals surface area contributed by atoms with E-state index in [-0.39, 0.29) is 31.0 Å². The lowest BCUT2D eigenvalue weighted by Crippen LogP contribution is -2.50. The number of nitrogens with zero attached hydrogens (tertiary/aromatic N) is 1. The summed E-state index contributed by atoms with van der Waals surface area (Å²) in [5.41, 5.74) is -0.959. The molecule has 0 radical (unpaired) electrons. The Labute approximate surface area is 110 Å². The zero-order valence-electron chi connectivity index (χ0n) is 10.6. The lowest BCUT2D eigenvalue weighted by atomic mass is 9.98. The summed E-state index contributed by atoms with van der Waals surface area (Å²) >= 11 is 0. The van der Waals surface area contributed by atoms with Gasteiger partial charge in [0.15, 0.2) is 0 Å². The average Bonchev–Trinajstić information content (AvgIpc) is 2.40. The summed E-state index contributed by atoms with van der Waals surface area (Å²) in [6.07, 6.45) is 0.434. The van der Waals surface area contributed by atoms with Crippen molar-refractivity contribution in [1.82, 2.24) is 5.32 Å². The number of hydrogen-bond donors (Lipinski definition) is 3. The largest absolute Gasteiger partial charge is 0.394 e. The van der Waals surface area contributed by atoms with Gasteiger partial charge in [-0.25, -0.2) is 4.39 Å². The van der Waals surface area contributed by atoms with E-state index < -0.39 is 16.3 Å². The SMILES string of the molecule is CCC(CO)(CO)NCc1cc(F)ccc1[N+](=O)[O-]. The molecular weight excluding hydrogens is 255 g/mol. The molecule has 0 saturated heterocycles. The summed E-state index contributed by atoms with van der Waals surface area (Å²) in [6.45, 7) is 1.12. The fourth-order valence-electron chi connectivity index (χ4n) is 1.67. The Kier molecular flexibility index (Phi) is 5.34. The molecule has 1 aromatic carbocycles. The molecule has 0 aliphatic heterocycles. The van der Waals surface area contributed by atoms with E-state index in [1.807, 2.05) is 0 Å². The van der Waals surface area contributed by atoms with Crippen molar-refractivity contribution in [2.45, 2.75) is 25.4 Å². The van der Waals surface area contributed by atoms with Crippen molar-refractivity contribution in [3.05, 3.63) is 39.7 Å². The van der Waals surface area contributed by atoms with Crippen LogP contribution in [-0.4, -0.2) is 33.9 Å². The van der Waals surface area contributed by atoms with Crippen molar-refractivity contribution >= 4 is 5.69 Å². The molecule has 3 N–H and O–H groups in total. The van der Waals surface area contributed by atoms with Gasteiger partial charge in [-0.15, -0.1) is 0 Å². The van der Waals surface area contributed by atoms with E-state index in [0.29, 0.717) is 6.42 Å². The average molecular weight is 272 g/mol. The first-order valence-electron chi connectivity index (χ1n) is 5.87. The fourth-order valence-corrected chi connectivity index (χ4v) is 1.67. The molecule has 0 aliphatic rings. The molecule has 7 heteroatoms. The van der Waals surface area contributed by atoms with Crippen LogP contribution in [0.25, 0.3) is 0 Å². The highest BCUT2D eigenvalue weighted by Crippen LogP contribution is 2.20. The minimum absolute atomic E-state index is 0.0109. The minimum Gasteiger partial charge on any atom is -0.394 e. The maximum absolute atomic E-state index is 13.1. The Morgan fingerprint density at radius 2 is 2.05 bits per heavy atom. The molecule has 0 spiro atoms. The van der Waals surface area contributed by atoms with E-state index in [9.17, 15) is 24.7 Å². The summed E-state index contributed by atoms with van der Waals surface area (Å²) < 4.78 is 13.1. The number of nitrogens with one attached hydrogen (secondary N) is 1. The van der Waals surface area contributed by atoms with Crippen molar-refractivity contribution in [3.63, 3.8) is 0 Å². The van der Waals surface area contributed by atoms with Crippen LogP contribution in [0.3, 0.4) is 0 Å². The van der Waals surface area contributed by atoms with Crippen LogP contribution in [0.2, 0.25) is 0 Å². The zero-order valence-corrected chi connectivity index (χ0v) is 10.6. The minimum atomic E-state index is -0.930. The maximum atomic E-state index is 13.1. The third kappa shape index (κ3) is 3.69. The first-order chi connectivity index (χ1) is 8.98. The first-order valence-corrected chi connectivity index (χ1v) is 5.87. The maximum Gasteiger partial charge on any atom is 0.274 e. The highest BCUT2D eigenvalue weighted by molar-refractivity contribution is 5.40. The molecule has 19 heavy (non-hydrogen) atoms. The number of aliphatic hydroxyl groups is 2. The molecule has 0 saturated carbocycles. The second-order valence-electron chi connectivity index (χ2n) is 4.33. The van der Waals surface area contributed by atoms with Crippen molar-refractivity contribution in [2.24, 2.45) is 0 Å². The van der Waals surface area contributed by atoms with Crippen LogP contribution in [-0.2, 0) is 6.54 Å². The molecule has 0 aliphatic carbocycles. The molecule has 1 aromatic rings. The molecule has 0 heterocycles. The molecule has 106 valence electrons. The van der Waals surface area contributed by atoms with Gasteiger partial charge in [-0.1, -0.05) is 6.92 Å². The molecule has 0 amide bonds. The monoisotopic (exact) mass is 272 g/mol. The number of aliphatic hydroxyl groups excluding tert-OH is 2. The molecule has 6 nitrogen and oxygen atoms in total. The predicted octanol–water partition coefficient (Wildman–Crippen LogP) is 0.957. The highest BCUT2D eigenvalue weighted by Gasteiger charge is 2.27. The van der Waals surface area contributed by atoms with Crippen LogP contribution >= 0.6 is 0 Å². The third-order valence-corrected chi connectivity index (χ3v) is 3.17. The fraction of sp³-hybridized carbons (Fsp3) is 0.500. The zero-order chi connectivity index (χ0) is 14.5. The van der Waals surface area contributed by atoms with Crippen LogP contribution in [0.1, 0.15) is 18.9 Å². The van der Waals surface area contributed by atoms with E-state index in [2.05, 4.69) is 5.32 Å². The van der Waals surface area contributed by atoms with E-state index in [0.717, 1.165) is 18.2 Å². The summed E-state index contributed by atoms with van der Waals surface area (Å²) in [6, 6.07) is 3.19. The highest BCUT2D eigenvalue weighted by atomic mass is 19.1. The van der Waals surface area contributed by atoms with E-state index >= 15 is 0 Å². The molecule has 0 unspecified atom stereocenters. The quantitative estimate of drug-likeness (QED) is 0.507. The van der Waals surface area contributed by atoms with Gasteiger partial charge < -0.3 is 15.5 Å². The second-order valence-corrected chi connectivity index (χ2v) is 4.33. The van der Waals surface area contributed by atoms with E-state index in [1.54, 1.807) is 6.92 Å². The first kappa shape index (κ1) is 15.5. The van der Waals surface area contributed by atoms with Gasteiger partial charge in [-0.3, -0.25) is 10.1 Å². The molecule has 1 rings (SSSR count). The van der Waals surface area contributed by atoms with Crippen LogP contribution in [0, 0.1) is 15.9 Å². The van der Waals surface area contributed by atoms with Crippen molar-refractivity contribution in [1.29, 1.82) is 0 Å². The van der Waals surface area contributed by atoms with Gasteiger partial charge in [-0.2, -0.15) is 0 Å². The molecule has 0 aromatic heterocycles. The summed E-state index contributed by atoms with van der Waals surface area (Å²) in [5.74, 6) is -0.572. The summed E-state index contributed by atoms with van der Waals surface area (Å²) in [5, 5.41) is 32.2. The molecule has 0 bridgehead atoms. The van der Waals surface area contributed by atoms with Gasteiger partial charge in [0.2, 0.25) is 0 Å². The van der Waals surface area contributed by atoms with Crippen LogP contribution in [0.15, 0.2) is 18.2 Å². The van der Waals surface area contributed by atoms with Crippen molar-refractivity contribution < 1.29 is 19.5 Å². The van der Waals surface area contributed by atoms with E-state index in [4.69, 9.17) is 0 Å². The summed E-state index contributed by atoms with van der Waals surface area (Å²) in [4.78, 5) is 10.2. The number of benzene rings is 1. The Hall–Kier alpha value is -1.57. The number of halogens is 1. The van der Waals surface area contributed by atoms with Crippen LogP contribution in [0.5, 0.6) is 0 Å². The van der Waals surface area contributed by atoms with Gasteiger partial charge >= 0.3 is 0 Å². The number of nitro groups is 1. The Morgan fingerprint density at radius 3 is 2.53 bits per heavy atom. The van der Waals surface area contributed by atoms with Gasteiger partial charge in [0.1, 0.15) is 5.82 Å². The Bertz CT molecular complexity index is 441. The molecule has 0 atom stereocenters. The normalized spacial score (nSPS) is 11.6. The molecular formula is C12H17FN2O4. The van der Waals surface area contributed by atoms with Crippen molar-refractivity contribution in [3.8, 4) is 0 Å². The third-order valence-electron chi connectivity index (χ3n) is 3.17. The Balaban J connectivity index is 2.93. The lowest BCUT2D eigenvalue weighted by molar-refractivity contribution is -0.385. The van der Waals surface area contributed by atoms with Crippen molar-refractivity contribution in [2.75, 3.05) is 13.2 Å². The lowest BCUT2D eigenvalue weighted by Gasteiger charge is -2.29. The van der Waals surface area contributed by atoms with Gasteiger partial charge in [0.25, 0.3) is 5.69 Å². The molecule has 0 fully saturated rings. The summed E-state index contributed by atoms with van der Waals surface area (Å²) in [7, 11) is 0.